The topological polar surface area (TPSA) is 66.4 Å². The van der Waals surface area contributed by atoms with E-state index in [0.29, 0.717) is 43.4 Å². The lowest BCUT2D eigenvalue weighted by molar-refractivity contribution is 0.0751. The van der Waals surface area contributed by atoms with Crippen LogP contribution in [0, 0.1) is 6.92 Å². The van der Waals surface area contributed by atoms with Crippen molar-refractivity contribution in [3.63, 3.8) is 0 Å². The number of Topliss-reactive ketones (excluding diaryl/α,β-unsaturated/α-hetero) is 1. The Morgan fingerprint density at radius 2 is 1.96 bits per heavy atom. The second kappa shape index (κ2) is 6.45. The van der Waals surface area contributed by atoms with E-state index < -0.39 is 0 Å². The second-order valence-electron chi connectivity index (χ2n) is 5.48. The molecule has 23 heavy (non-hydrogen) atoms. The molecular weight excluding hydrogens is 312 g/mol. The Bertz CT molecular complexity index is 722. The zero-order valence-corrected chi connectivity index (χ0v) is 14.0. The van der Waals surface area contributed by atoms with E-state index in [1.807, 2.05) is 29.3 Å². The molecule has 0 radical (unpaired) electrons. The molecule has 6 nitrogen and oxygen atoms in total. The highest BCUT2D eigenvalue weighted by molar-refractivity contribution is 7.12. The molecule has 0 aliphatic carbocycles. The first-order chi connectivity index (χ1) is 11.1. The first kappa shape index (κ1) is 15.6. The van der Waals surface area contributed by atoms with E-state index in [2.05, 4.69) is 14.9 Å². The van der Waals surface area contributed by atoms with Crippen LogP contribution < -0.4 is 4.90 Å². The number of anilines is 1. The number of carbonyl (C=O) groups is 2. The van der Waals surface area contributed by atoms with Crippen LogP contribution in [0.1, 0.15) is 32.6 Å². The number of carbonyl (C=O) groups excluding carboxylic acids is 2. The summed E-state index contributed by atoms with van der Waals surface area (Å²) in [6.07, 6.45) is 1.59. The molecule has 0 bridgehead atoms. The Kier molecular flexibility index (Phi) is 4.38. The summed E-state index contributed by atoms with van der Waals surface area (Å²) >= 11 is 1.47. The van der Waals surface area contributed by atoms with Gasteiger partial charge in [0.1, 0.15) is 0 Å². The van der Waals surface area contributed by atoms with Gasteiger partial charge in [-0.2, -0.15) is 0 Å². The van der Waals surface area contributed by atoms with Crippen molar-refractivity contribution in [1.82, 2.24) is 14.9 Å². The van der Waals surface area contributed by atoms with E-state index in [9.17, 15) is 9.59 Å². The fourth-order valence-corrected chi connectivity index (χ4v) is 3.31. The molecule has 0 atom stereocenters. The Balaban J connectivity index is 1.66. The highest BCUT2D eigenvalue weighted by atomic mass is 32.1. The number of aromatic nitrogens is 2. The number of hydrogen-bond acceptors (Lipinski definition) is 6. The predicted octanol–water partition coefficient (Wildman–Crippen LogP) is 2.01. The maximum absolute atomic E-state index is 12.3. The maximum Gasteiger partial charge on any atom is 0.264 e. The SMILES string of the molecule is CC(=O)c1cnc(N2CCN(C(=O)c3cccs3)CC2)nc1C. The van der Waals surface area contributed by atoms with Crippen LogP contribution in [0.5, 0.6) is 0 Å². The molecule has 0 unspecified atom stereocenters. The average molecular weight is 330 g/mol. The predicted molar refractivity (Wildman–Crippen MR) is 89.2 cm³/mol. The van der Waals surface area contributed by atoms with E-state index in [1.54, 1.807) is 6.20 Å². The molecule has 0 N–H and O–H groups in total. The summed E-state index contributed by atoms with van der Waals surface area (Å²) in [5.41, 5.74) is 1.25. The van der Waals surface area contributed by atoms with Crippen LogP contribution in [0.4, 0.5) is 5.95 Å². The van der Waals surface area contributed by atoms with Gasteiger partial charge < -0.3 is 9.80 Å². The molecule has 1 saturated heterocycles. The van der Waals surface area contributed by atoms with Gasteiger partial charge in [0.15, 0.2) is 5.78 Å². The van der Waals surface area contributed by atoms with Gasteiger partial charge >= 0.3 is 0 Å². The number of amides is 1. The van der Waals surface area contributed by atoms with Gasteiger partial charge in [0.2, 0.25) is 5.95 Å². The van der Waals surface area contributed by atoms with Crippen molar-refractivity contribution in [2.75, 3.05) is 31.1 Å². The highest BCUT2D eigenvalue weighted by Gasteiger charge is 2.24. The quantitative estimate of drug-likeness (QED) is 0.806. The fraction of sp³-hybridized carbons (Fsp3) is 0.375. The molecule has 1 aliphatic rings. The van der Waals surface area contributed by atoms with Crippen molar-refractivity contribution in [2.45, 2.75) is 13.8 Å². The van der Waals surface area contributed by atoms with Crippen molar-refractivity contribution < 1.29 is 9.59 Å². The number of nitrogens with zero attached hydrogens (tertiary/aromatic N) is 4. The fourth-order valence-electron chi connectivity index (χ4n) is 2.62. The molecule has 0 aromatic carbocycles. The van der Waals surface area contributed by atoms with Gasteiger partial charge in [-0.3, -0.25) is 9.59 Å². The highest BCUT2D eigenvalue weighted by Crippen LogP contribution is 2.17. The monoisotopic (exact) mass is 330 g/mol. The lowest BCUT2D eigenvalue weighted by Crippen LogP contribution is -2.49. The minimum atomic E-state index is -0.0274. The summed E-state index contributed by atoms with van der Waals surface area (Å²) in [7, 11) is 0. The normalized spacial score (nSPS) is 14.9. The Morgan fingerprint density at radius 3 is 2.52 bits per heavy atom. The van der Waals surface area contributed by atoms with E-state index >= 15 is 0 Å². The molecule has 3 rings (SSSR count). The number of aryl methyl sites for hydroxylation is 1. The van der Waals surface area contributed by atoms with Gasteiger partial charge in [0.05, 0.1) is 16.1 Å². The first-order valence-corrected chi connectivity index (χ1v) is 8.36. The molecule has 3 heterocycles. The molecule has 1 aliphatic heterocycles. The first-order valence-electron chi connectivity index (χ1n) is 7.48. The summed E-state index contributed by atoms with van der Waals surface area (Å²) in [5, 5.41) is 1.91. The standard InChI is InChI=1S/C16H18N4O2S/c1-11-13(12(2)21)10-17-16(18-11)20-7-5-19(6-8-20)15(22)14-4-3-9-23-14/h3-4,9-10H,5-8H2,1-2H3. The van der Waals surface area contributed by atoms with Gasteiger partial charge in [-0.15, -0.1) is 11.3 Å². The summed E-state index contributed by atoms with van der Waals surface area (Å²) in [6, 6.07) is 3.74. The molecular formula is C16H18N4O2S. The third-order valence-corrected chi connectivity index (χ3v) is 4.79. The summed E-state index contributed by atoms with van der Waals surface area (Å²) in [6.45, 7) is 6.01. The van der Waals surface area contributed by atoms with Crippen LogP contribution in [-0.4, -0.2) is 52.7 Å². The van der Waals surface area contributed by atoms with Crippen LogP contribution in [0.2, 0.25) is 0 Å². The third kappa shape index (κ3) is 3.24. The minimum absolute atomic E-state index is 0.0274. The zero-order valence-electron chi connectivity index (χ0n) is 13.2. The number of rotatable bonds is 3. The van der Waals surface area contributed by atoms with Crippen LogP contribution in [0.3, 0.4) is 0 Å². The molecule has 7 heteroatoms. The Morgan fingerprint density at radius 1 is 1.22 bits per heavy atom. The number of thiophene rings is 1. The molecule has 0 saturated carbocycles. The van der Waals surface area contributed by atoms with Crippen molar-refractivity contribution in [1.29, 1.82) is 0 Å². The van der Waals surface area contributed by atoms with Crippen molar-refractivity contribution in [3.05, 3.63) is 39.8 Å². The lowest BCUT2D eigenvalue weighted by atomic mass is 10.2. The maximum atomic E-state index is 12.3. The van der Waals surface area contributed by atoms with Crippen LogP contribution in [-0.2, 0) is 0 Å². The smallest absolute Gasteiger partial charge is 0.264 e. The van der Waals surface area contributed by atoms with Crippen molar-refractivity contribution in [3.8, 4) is 0 Å². The summed E-state index contributed by atoms with van der Waals surface area (Å²) in [4.78, 5) is 37.2. The molecule has 120 valence electrons. The zero-order chi connectivity index (χ0) is 16.4. The van der Waals surface area contributed by atoms with E-state index in [0.717, 1.165) is 4.88 Å². The van der Waals surface area contributed by atoms with Crippen molar-refractivity contribution >= 4 is 29.0 Å². The number of piperazine rings is 1. The van der Waals surface area contributed by atoms with Crippen LogP contribution in [0.25, 0.3) is 0 Å². The van der Waals surface area contributed by atoms with Crippen LogP contribution >= 0.6 is 11.3 Å². The average Bonchev–Trinajstić information content (AvgIpc) is 3.08. The van der Waals surface area contributed by atoms with Gasteiger partial charge in [-0.25, -0.2) is 9.97 Å². The van der Waals surface area contributed by atoms with Gasteiger partial charge in [-0.1, -0.05) is 6.07 Å². The van der Waals surface area contributed by atoms with E-state index in [-0.39, 0.29) is 11.7 Å². The lowest BCUT2D eigenvalue weighted by Gasteiger charge is -2.34. The molecule has 2 aromatic rings. The molecule has 1 fully saturated rings. The van der Waals surface area contributed by atoms with Gasteiger partial charge in [0.25, 0.3) is 5.91 Å². The molecule has 2 aromatic heterocycles. The largest absolute Gasteiger partial charge is 0.337 e. The molecule has 0 spiro atoms. The summed E-state index contributed by atoms with van der Waals surface area (Å²) in [5.74, 6) is 0.680. The molecule has 1 amide bonds. The number of ketones is 1. The van der Waals surface area contributed by atoms with Crippen molar-refractivity contribution in [2.24, 2.45) is 0 Å². The van der Waals surface area contributed by atoms with Gasteiger partial charge in [-0.05, 0) is 25.3 Å². The Hall–Kier alpha value is -2.28. The minimum Gasteiger partial charge on any atom is -0.337 e. The van der Waals surface area contributed by atoms with E-state index in [1.165, 1.54) is 18.3 Å². The Labute approximate surface area is 138 Å². The third-order valence-electron chi connectivity index (χ3n) is 3.93. The number of hydrogen-bond donors (Lipinski definition) is 0. The van der Waals surface area contributed by atoms with Crippen LogP contribution in [0.15, 0.2) is 23.7 Å². The van der Waals surface area contributed by atoms with E-state index in [4.69, 9.17) is 0 Å². The second-order valence-corrected chi connectivity index (χ2v) is 6.43. The summed E-state index contributed by atoms with van der Waals surface area (Å²) < 4.78 is 0. The van der Waals surface area contributed by atoms with Gasteiger partial charge in [0, 0.05) is 32.4 Å².